The van der Waals surface area contributed by atoms with Crippen molar-refractivity contribution < 1.29 is 4.79 Å². The Kier molecular flexibility index (Phi) is 5.33. The number of benzene rings is 2. The lowest BCUT2D eigenvalue weighted by atomic mass is 9.95. The summed E-state index contributed by atoms with van der Waals surface area (Å²) >= 11 is 3.71. The van der Waals surface area contributed by atoms with Gasteiger partial charge in [0.2, 0.25) is 0 Å². The van der Waals surface area contributed by atoms with Crippen LogP contribution < -0.4 is 0 Å². The Labute approximate surface area is 158 Å². The average Bonchev–Trinajstić information content (AvgIpc) is 3.25. The van der Waals surface area contributed by atoms with Crippen LogP contribution in [-0.2, 0) is 16.3 Å². The lowest BCUT2D eigenvalue weighted by Crippen LogP contribution is -2.13. The minimum atomic E-state index is 0.310. The van der Waals surface area contributed by atoms with Crippen LogP contribution in [0.15, 0.2) is 70.5 Å². The van der Waals surface area contributed by atoms with Gasteiger partial charge in [0, 0.05) is 27.2 Å². The van der Waals surface area contributed by atoms with E-state index >= 15 is 0 Å². The number of rotatable bonds is 6. The molecule has 0 aliphatic heterocycles. The highest BCUT2D eigenvalue weighted by molar-refractivity contribution is 8.21. The maximum atomic E-state index is 12.7. The summed E-state index contributed by atoms with van der Waals surface area (Å²) in [4.78, 5) is 12.7. The molecule has 128 valence electrons. The third-order valence-corrected chi connectivity index (χ3v) is 7.75. The molecule has 0 amide bonds. The quantitative estimate of drug-likeness (QED) is 0.578. The topological polar surface area (TPSA) is 17.1 Å². The first-order valence-corrected chi connectivity index (χ1v) is 10.9. The number of ketones is 1. The van der Waals surface area contributed by atoms with E-state index in [1.807, 2.05) is 23.5 Å². The summed E-state index contributed by atoms with van der Waals surface area (Å²) in [5.41, 5.74) is 3.79. The zero-order valence-corrected chi connectivity index (χ0v) is 15.8. The molecule has 1 nitrogen and oxygen atoms in total. The van der Waals surface area contributed by atoms with E-state index in [-0.39, 0.29) is 0 Å². The highest BCUT2D eigenvalue weighted by Gasteiger charge is 2.44. The number of Topliss-reactive ketones (excluding diaryl/α,β-unsaturated/α-hetero) is 1. The van der Waals surface area contributed by atoms with Crippen molar-refractivity contribution in [2.75, 3.05) is 0 Å². The fourth-order valence-electron chi connectivity index (χ4n) is 3.81. The molecule has 25 heavy (non-hydrogen) atoms. The molecule has 2 aliphatic carbocycles. The third kappa shape index (κ3) is 3.88. The predicted octanol–water partition coefficient (Wildman–Crippen LogP) is 6.06. The van der Waals surface area contributed by atoms with Crippen LogP contribution in [0.1, 0.15) is 30.4 Å². The summed E-state index contributed by atoms with van der Waals surface area (Å²) in [7, 11) is 0. The Morgan fingerprint density at radius 2 is 1.32 bits per heavy atom. The van der Waals surface area contributed by atoms with E-state index in [4.69, 9.17) is 0 Å². The van der Waals surface area contributed by atoms with Crippen molar-refractivity contribution in [1.29, 1.82) is 0 Å². The Morgan fingerprint density at radius 1 is 0.800 bits per heavy atom. The minimum Gasteiger partial charge on any atom is -0.294 e. The molecule has 2 aromatic rings. The number of carbonyl (C=O) groups is 1. The summed E-state index contributed by atoms with van der Waals surface area (Å²) in [6.45, 7) is 0. The summed E-state index contributed by atoms with van der Waals surface area (Å²) in [6, 6.07) is 21.1. The first-order valence-electron chi connectivity index (χ1n) is 8.93. The highest BCUT2D eigenvalue weighted by Crippen LogP contribution is 2.51. The van der Waals surface area contributed by atoms with Crippen LogP contribution in [0.3, 0.4) is 0 Å². The molecular weight excluding hydrogens is 344 g/mol. The molecule has 2 saturated carbocycles. The molecule has 0 saturated heterocycles. The van der Waals surface area contributed by atoms with Gasteiger partial charge in [-0.3, -0.25) is 4.79 Å². The molecule has 0 heterocycles. The van der Waals surface area contributed by atoms with Gasteiger partial charge in [0.1, 0.15) is 0 Å². The summed E-state index contributed by atoms with van der Waals surface area (Å²) in [6.07, 6.45) is 3.40. The second kappa shape index (κ2) is 7.84. The van der Waals surface area contributed by atoms with Gasteiger partial charge in [0.05, 0.1) is 0 Å². The van der Waals surface area contributed by atoms with E-state index in [9.17, 15) is 4.79 Å². The number of thioether (sulfide) groups is 2. The lowest BCUT2D eigenvalue weighted by molar-refractivity contribution is -0.118. The van der Waals surface area contributed by atoms with E-state index < -0.39 is 0 Å². The summed E-state index contributed by atoms with van der Waals surface area (Å²) in [5.74, 6) is 3.13. The second-order valence-corrected chi connectivity index (χ2v) is 9.05. The number of carbonyl (C=O) groups excluding carboxylic acids is 1. The van der Waals surface area contributed by atoms with Gasteiger partial charge in [-0.1, -0.05) is 60.7 Å². The standard InChI is InChI=1S/C22H22OS2/c23-21-19-12-11-18(13-19)20(21)22(24-14-16-7-3-1-4-8-16)25-15-17-9-5-2-6-10-17/h1-10,18-19H,11-15H2/t18-,19+/m1/s1. The van der Waals surface area contributed by atoms with Crippen LogP contribution in [-0.4, -0.2) is 5.78 Å². The van der Waals surface area contributed by atoms with Crippen LogP contribution in [0.5, 0.6) is 0 Å². The van der Waals surface area contributed by atoms with Crippen molar-refractivity contribution in [1.82, 2.24) is 0 Å². The Hall–Kier alpha value is -1.45. The van der Waals surface area contributed by atoms with E-state index in [2.05, 4.69) is 60.7 Å². The van der Waals surface area contributed by atoms with Crippen LogP contribution >= 0.6 is 23.5 Å². The smallest absolute Gasteiger partial charge is 0.163 e. The minimum absolute atomic E-state index is 0.310. The average molecular weight is 367 g/mol. The summed E-state index contributed by atoms with van der Waals surface area (Å²) < 4.78 is 1.27. The largest absolute Gasteiger partial charge is 0.294 e. The molecular formula is C22H22OS2. The molecule has 0 aromatic heterocycles. The summed E-state index contributed by atoms with van der Waals surface area (Å²) in [5, 5.41) is 0. The first-order chi connectivity index (χ1) is 12.3. The van der Waals surface area contributed by atoms with Gasteiger partial charge in [-0.25, -0.2) is 0 Å². The Balaban J connectivity index is 1.54. The molecule has 2 bridgehead atoms. The van der Waals surface area contributed by atoms with Crippen LogP contribution in [0, 0.1) is 11.8 Å². The van der Waals surface area contributed by atoms with E-state index in [0.717, 1.165) is 29.9 Å². The monoisotopic (exact) mass is 366 g/mol. The molecule has 2 aliphatic rings. The van der Waals surface area contributed by atoms with Crippen molar-refractivity contribution in [3.05, 3.63) is 81.6 Å². The zero-order chi connectivity index (χ0) is 17.1. The van der Waals surface area contributed by atoms with Gasteiger partial charge >= 0.3 is 0 Å². The molecule has 0 unspecified atom stereocenters. The van der Waals surface area contributed by atoms with Crippen LogP contribution in [0.2, 0.25) is 0 Å². The van der Waals surface area contributed by atoms with E-state index in [1.165, 1.54) is 21.8 Å². The van der Waals surface area contributed by atoms with E-state index in [0.29, 0.717) is 17.6 Å². The normalized spacial score (nSPS) is 21.8. The van der Waals surface area contributed by atoms with Crippen LogP contribution in [0.4, 0.5) is 0 Å². The molecule has 3 heteroatoms. The molecule has 2 fully saturated rings. The van der Waals surface area contributed by atoms with Gasteiger partial charge in [-0.05, 0) is 36.3 Å². The molecule has 2 aromatic carbocycles. The van der Waals surface area contributed by atoms with Crippen molar-refractivity contribution in [2.24, 2.45) is 11.8 Å². The zero-order valence-electron chi connectivity index (χ0n) is 14.2. The van der Waals surface area contributed by atoms with Gasteiger partial charge in [0.25, 0.3) is 0 Å². The number of hydrogen-bond donors (Lipinski definition) is 0. The third-order valence-electron chi connectivity index (χ3n) is 5.12. The second-order valence-electron chi connectivity index (χ2n) is 6.82. The SMILES string of the molecule is O=C1C(=C(SCc2ccccc2)SCc2ccccc2)[C@@H]2CC[C@H]1C2. The van der Waals surface area contributed by atoms with Crippen molar-refractivity contribution >= 4 is 29.3 Å². The van der Waals surface area contributed by atoms with E-state index in [1.54, 1.807) is 0 Å². The van der Waals surface area contributed by atoms with Gasteiger partial charge in [0.15, 0.2) is 5.78 Å². The molecule has 2 atom stereocenters. The van der Waals surface area contributed by atoms with Gasteiger partial charge in [-0.15, -0.1) is 23.5 Å². The lowest BCUT2D eigenvalue weighted by Gasteiger charge is -2.18. The maximum Gasteiger partial charge on any atom is 0.163 e. The molecule has 0 N–H and O–H groups in total. The van der Waals surface area contributed by atoms with Crippen molar-refractivity contribution in [3.8, 4) is 0 Å². The van der Waals surface area contributed by atoms with Crippen molar-refractivity contribution in [3.63, 3.8) is 0 Å². The molecule has 4 rings (SSSR count). The molecule has 0 radical (unpaired) electrons. The Bertz CT molecular complexity index is 722. The number of allylic oxidation sites excluding steroid dienone is 1. The first kappa shape index (κ1) is 17.0. The van der Waals surface area contributed by atoms with Crippen LogP contribution in [0.25, 0.3) is 0 Å². The fourth-order valence-corrected chi connectivity index (χ4v) is 6.33. The highest BCUT2D eigenvalue weighted by atomic mass is 32.2. The number of hydrogen-bond acceptors (Lipinski definition) is 3. The number of fused-ring (bicyclic) bond motifs is 2. The maximum absolute atomic E-state index is 12.7. The van der Waals surface area contributed by atoms with Crippen molar-refractivity contribution in [2.45, 2.75) is 30.8 Å². The van der Waals surface area contributed by atoms with Gasteiger partial charge in [-0.2, -0.15) is 0 Å². The molecule has 0 spiro atoms. The predicted molar refractivity (Wildman–Crippen MR) is 108 cm³/mol. The van der Waals surface area contributed by atoms with Gasteiger partial charge < -0.3 is 0 Å². The fraction of sp³-hybridized carbons (Fsp3) is 0.318. The Morgan fingerprint density at radius 3 is 1.80 bits per heavy atom.